The zero-order chi connectivity index (χ0) is 16.0. The van der Waals surface area contributed by atoms with Crippen molar-refractivity contribution in [1.29, 1.82) is 0 Å². The normalized spacial score (nSPS) is 13.8. The Hall–Kier alpha value is -1.68. The van der Waals surface area contributed by atoms with Crippen molar-refractivity contribution < 1.29 is 9.59 Å². The molecular formula is C17H26N2O2. The molecule has 1 atom stereocenters. The Balaban J connectivity index is 2.53. The molecule has 1 rings (SSSR count). The molecule has 0 saturated heterocycles. The molecule has 4 heteroatoms. The van der Waals surface area contributed by atoms with Gasteiger partial charge >= 0.3 is 0 Å². The summed E-state index contributed by atoms with van der Waals surface area (Å²) in [5.41, 5.74) is 7.07. The van der Waals surface area contributed by atoms with E-state index < -0.39 is 5.54 Å². The van der Waals surface area contributed by atoms with Crippen LogP contribution in [0.25, 0.3) is 0 Å². The number of hydrogen-bond donors (Lipinski definition) is 2. The summed E-state index contributed by atoms with van der Waals surface area (Å²) < 4.78 is 0. The molecule has 0 aliphatic heterocycles. The number of carbonyl (C=O) groups excluding carboxylic acids is 2. The molecule has 3 N–H and O–H groups in total. The molecule has 0 heterocycles. The maximum Gasteiger partial charge on any atom is 0.220 e. The summed E-state index contributed by atoms with van der Waals surface area (Å²) in [5, 5.41) is 2.94. The fraction of sp³-hybridized carbons (Fsp3) is 0.529. The van der Waals surface area contributed by atoms with Crippen molar-refractivity contribution in [2.45, 2.75) is 46.1 Å². The molecule has 21 heavy (non-hydrogen) atoms. The second kappa shape index (κ2) is 7.36. The van der Waals surface area contributed by atoms with E-state index in [9.17, 15) is 9.59 Å². The number of rotatable bonds is 7. The lowest BCUT2D eigenvalue weighted by molar-refractivity contribution is -0.123. The lowest BCUT2D eigenvalue weighted by Gasteiger charge is -2.33. The van der Waals surface area contributed by atoms with E-state index in [4.69, 9.17) is 5.73 Å². The molecule has 0 saturated carbocycles. The summed E-state index contributed by atoms with van der Waals surface area (Å²) in [7, 11) is 0. The van der Waals surface area contributed by atoms with Gasteiger partial charge in [-0.25, -0.2) is 0 Å². The van der Waals surface area contributed by atoms with Gasteiger partial charge in [0.2, 0.25) is 5.91 Å². The summed E-state index contributed by atoms with van der Waals surface area (Å²) in [4.78, 5) is 24.0. The van der Waals surface area contributed by atoms with Gasteiger partial charge in [0, 0.05) is 24.9 Å². The first-order valence-electron chi connectivity index (χ1n) is 7.39. The molecule has 0 aliphatic carbocycles. The largest absolute Gasteiger partial charge is 0.349 e. The van der Waals surface area contributed by atoms with Crippen LogP contribution in [0.5, 0.6) is 0 Å². The van der Waals surface area contributed by atoms with Crippen molar-refractivity contribution in [3.05, 3.63) is 35.4 Å². The average Bonchev–Trinajstić information content (AvgIpc) is 2.45. The molecule has 0 bridgehead atoms. The highest BCUT2D eigenvalue weighted by atomic mass is 16.2. The maximum atomic E-state index is 12.0. The van der Waals surface area contributed by atoms with Crippen LogP contribution in [-0.4, -0.2) is 23.8 Å². The van der Waals surface area contributed by atoms with Crippen molar-refractivity contribution in [3.8, 4) is 0 Å². The third kappa shape index (κ3) is 4.97. The third-order valence-corrected chi connectivity index (χ3v) is 4.08. The fourth-order valence-electron chi connectivity index (χ4n) is 1.92. The highest BCUT2D eigenvalue weighted by molar-refractivity contribution is 5.98. The minimum absolute atomic E-state index is 0.0100. The predicted octanol–water partition coefficient (Wildman–Crippen LogP) is 2.45. The summed E-state index contributed by atoms with van der Waals surface area (Å²) in [5.74, 6) is 0.0977. The van der Waals surface area contributed by atoms with Crippen LogP contribution < -0.4 is 11.1 Å². The van der Waals surface area contributed by atoms with Gasteiger partial charge in [-0.05, 0) is 19.8 Å². The van der Waals surface area contributed by atoms with Crippen molar-refractivity contribution in [2.75, 3.05) is 6.54 Å². The number of nitrogens with two attached hydrogens (primary N) is 1. The van der Waals surface area contributed by atoms with Gasteiger partial charge in [-0.2, -0.15) is 0 Å². The van der Waals surface area contributed by atoms with Crippen molar-refractivity contribution in [2.24, 2.45) is 11.7 Å². The van der Waals surface area contributed by atoms with E-state index >= 15 is 0 Å². The zero-order valence-electron chi connectivity index (χ0n) is 13.4. The van der Waals surface area contributed by atoms with Gasteiger partial charge in [-0.15, -0.1) is 0 Å². The van der Waals surface area contributed by atoms with Crippen LogP contribution in [0.2, 0.25) is 0 Å². The standard InChI is InChI=1S/C17H26N2O2/c1-12(2)17(4,11-18)19-16(21)10-9-15(20)14-7-5-13(3)6-8-14/h5-8,12H,9-11,18H2,1-4H3,(H,19,21). The maximum absolute atomic E-state index is 12.0. The molecule has 1 unspecified atom stereocenters. The van der Waals surface area contributed by atoms with E-state index in [1.807, 2.05) is 39.8 Å². The van der Waals surface area contributed by atoms with E-state index in [-0.39, 0.29) is 30.4 Å². The van der Waals surface area contributed by atoms with Crippen LogP contribution in [0.1, 0.15) is 49.5 Å². The number of ketones is 1. The van der Waals surface area contributed by atoms with Crippen molar-refractivity contribution >= 4 is 11.7 Å². The van der Waals surface area contributed by atoms with E-state index in [0.717, 1.165) is 5.56 Å². The van der Waals surface area contributed by atoms with Gasteiger partial charge in [0.25, 0.3) is 0 Å². The van der Waals surface area contributed by atoms with E-state index in [0.29, 0.717) is 12.1 Å². The molecule has 1 aromatic carbocycles. The van der Waals surface area contributed by atoms with Crippen LogP contribution in [0.15, 0.2) is 24.3 Å². The van der Waals surface area contributed by atoms with E-state index in [1.54, 1.807) is 12.1 Å². The second-order valence-electron chi connectivity index (χ2n) is 6.11. The number of benzene rings is 1. The van der Waals surface area contributed by atoms with Crippen LogP contribution >= 0.6 is 0 Å². The predicted molar refractivity (Wildman–Crippen MR) is 85.2 cm³/mol. The van der Waals surface area contributed by atoms with Crippen LogP contribution in [-0.2, 0) is 4.79 Å². The van der Waals surface area contributed by atoms with Crippen LogP contribution in [0, 0.1) is 12.8 Å². The van der Waals surface area contributed by atoms with Gasteiger partial charge < -0.3 is 11.1 Å². The van der Waals surface area contributed by atoms with Gasteiger partial charge in [-0.1, -0.05) is 43.7 Å². The van der Waals surface area contributed by atoms with Crippen molar-refractivity contribution in [1.82, 2.24) is 5.32 Å². The minimum Gasteiger partial charge on any atom is -0.349 e. The zero-order valence-corrected chi connectivity index (χ0v) is 13.4. The first kappa shape index (κ1) is 17.4. The van der Waals surface area contributed by atoms with Crippen LogP contribution in [0.4, 0.5) is 0 Å². The van der Waals surface area contributed by atoms with Crippen molar-refractivity contribution in [3.63, 3.8) is 0 Å². The Morgan fingerprint density at radius 3 is 2.24 bits per heavy atom. The number of hydrogen-bond acceptors (Lipinski definition) is 3. The second-order valence-corrected chi connectivity index (χ2v) is 6.11. The Bertz CT molecular complexity index is 494. The topological polar surface area (TPSA) is 72.2 Å². The van der Waals surface area contributed by atoms with Crippen LogP contribution in [0.3, 0.4) is 0 Å². The highest BCUT2D eigenvalue weighted by Gasteiger charge is 2.28. The summed E-state index contributed by atoms with van der Waals surface area (Å²) in [6, 6.07) is 7.40. The summed E-state index contributed by atoms with van der Waals surface area (Å²) in [6.07, 6.45) is 0.405. The highest BCUT2D eigenvalue weighted by Crippen LogP contribution is 2.15. The Labute approximate surface area is 127 Å². The van der Waals surface area contributed by atoms with Gasteiger partial charge in [-0.3, -0.25) is 9.59 Å². The monoisotopic (exact) mass is 290 g/mol. The molecule has 1 amide bonds. The number of Topliss-reactive ketones (excluding diaryl/α,β-unsaturated/α-hetero) is 1. The molecule has 0 aliphatic rings. The average molecular weight is 290 g/mol. The number of amides is 1. The molecule has 0 aromatic heterocycles. The molecule has 1 aromatic rings. The van der Waals surface area contributed by atoms with E-state index in [2.05, 4.69) is 5.32 Å². The molecule has 116 valence electrons. The molecule has 4 nitrogen and oxygen atoms in total. The third-order valence-electron chi connectivity index (χ3n) is 4.08. The number of aryl methyl sites for hydroxylation is 1. The summed E-state index contributed by atoms with van der Waals surface area (Å²) in [6.45, 7) is 8.32. The smallest absolute Gasteiger partial charge is 0.220 e. The lowest BCUT2D eigenvalue weighted by atomic mass is 9.88. The van der Waals surface area contributed by atoms with E-state index in [1.165, 1.54) is 0 Å². The molecule has 0 radical (unpaired) electrons. The Morgan fingerprint density at radius 2 is 1.76 bits per heavy atom. The number of carbonyl (C=O) groups is 2. The quantitative estimate of drug-likeness (QED) is 0.758. The lowest BCUT2D eigenvalue weighted by Crippen LogP contribution is -2.55. The van der Waals surface area contributed by atoms with Gasteiger partial charge in [0.1, 0.15) is 0 Å². The minimum atomic E-state index is -0.427. The first-order chi connectivity index (χ1) is 9.78. The first-order valence-corrected chi connectivity index (χ1v) is 7.39. The molecule has 0 fully saturated rings. The summed E-state index contributed by atoms with van der Waals surface area (Å²) >= 11 is 0. The molecule has 0 spiro atoms. The fourth-order valence-corrected chi connectivity index (χ4v) is 1.92. The van der Waals surface area contributed by atoms with Gasteiger partial charge in [0.05, 0.1) is 5.54 Å². The Kier molecular flexibility index (Phi) is 6.09. The SMILES string of the molecule is Cc1ccc(C(=O)CCC(=O)NC(C)(CN)C(C)C)cc1. The Morgan fingerprint density at radius 1 is 1.19 bits per heavy atom. The van der Waals surface area contributed by atoms with Gasteiger partial charge in [0.15, 0.2) is 5.78 Å². The number of nitrogens with one attached hydrogen (secondary N) is 1. The molecular weight excluding hydrogens is 264 g/mol.